The van der Waals surface area contributed by atoms with E-state index in [0.29, 0.717) is 160 Å². The molecule has 24 nitrogen and oxygen atoms in total. The number of piperidine rings is 1. The lowest BCUT2D eigenvalue weighted by Gasteiger charge is -2.44. The Morgan fingerprint density at radius 2 is 1.40 bits per heavy atom. The molecule has 5 aliphatic heterocycles. The molecule has 9 rings (SSSR count). The van der Waals surface area contributed by atoms with E-state index in [4.69, 9.17) is 23.7 Å². The number of ether oxygens (including phenoxy) is 5. The van der Waals surface area contributed by atoms with Crippen LogP contribution in [0, 0.1) is 5.82 Å². The number of nitrogens with zero attached hydrogens (tertiary/aromatic N) is 8. The van der Waals surface area contributed by atoms with Gasteiger partial charge < -0.3 is 54.0 Å². The summed E-state index contributed by atoms with van der Waals surface area (Å²) < 4.78 is 86.2. The minimum absolute atomic E-state index is 0.0192. The zero-order valence-electron chi connectivity index (χ0n) is 49.5. The number of benzene rings is 2. The van der Waals surface area contributed by atoms with Crippen molar-refractivity contribution in [3.8, 4) is 0 Å². The number of carbonyl (C=O) groups is 6. The number of imide groups is 2. The Morgan fingerprint density at radius 3 is 2.02 bits per heavy atom. The van der Waals surface area contributed by atoms with Gasteiger partial charge in [-0.15, -0.1) is 0 Å². The van der Waals surface area contributed by atoms with Crippen LogP contribution in [0.1, 0.15) is 87.3 Å². The van der Waals surface area contributed by atoms with E-state index >= 15 is 4.39 Å². The Kier molecular flexibility index (Phi) is 22.1. The van der Waals surface area contributed by atoms with Gasteiger partial charge in [-0.2, -0.15) is 13.2 Å². The Bertz CT molecular complexity index is 3240. The van der Waals surface area contributed by atoms with Crippen molar-refractivity contribution in [3.05, 3.63) is 111 Å². The molecule has 5 aliphatic rings. The first-order chi connectivity index (χ1) is 42.3. The van der Waals surface area contributed by atoms with Gasteiger partial charge in [0, 0.05) is 125 Å². The number of carbonyl (C=O) groups excluding carboxylic acids is 6. The first-order valence-electron chi connectivity index (χ1n) is 29.5. The van der Waals surface area contributed by atoms with Gasteiger partial charge in [0.15, 0.2) is 0 Å². The summed E-state index contributed by atoms with van der Waals surface area (Å²) in [7, 11) is 1.98. The van der Waals surface area contributed by atoms with E-state index in [1.807, 2.05) is 41.7 Å². The van der Waals surface area contributed by atoms with Crippen LogP contribution in [0.15, 0.2) is 65.9 Å². The highest BCUT2D eigenvalue weighted by Gasteiger charge is 2.46. The second-order valence-electron chi connectivity index (χ2n) is 22.1. The summed E-state index contributed by atoms with van der Waals surface area (Å²) >= 11 is 0. The molecule has 474 valence electrons. The maximum Gasteiger partial charge on any atom is 0.417 e. The van der Waals surface area contributed by atoms with Crippen LogP contribution in [0.4, 0.5) is 40.6 Å². The molecule has 6 amide bonds. The number of hydrogen-bond donors (Lipinski definition) is 4. The van der Waals surface area contributed by atoms with Gasteiger partial charge in [0.1, 0.15) is 11.9 Å². The molecule has 4 aromatic rings. The van der Waals surface area contributed by atoms with Gasteiger partial charge in [0.25, 0.3) is 17.7 Å². The maximum atomic E-state index is 16.3. The van der Waals surface area contributed by atoms with Gasteiger partial charge in [-0.1, -0.05) is 12.1 Å². The quantitative estimate of drug-likeness (QED) is 0.0373. The SMILES string of the molecule is C[C@@H]1CN(c2cc(F)c(C3=CCN(c4ncc(CN5CCN(C(=O)CCOCCOCCOCCOCCOCCNc6cccc7c6C(=O)N(C6CCC(=O)NC6=O)C7=O)CC5)cn4)CC3)cc2NC(=O)c2c[nH]c(=O)cc2C(F)(F)F)C[C@H](C)N1C. The molecule has 2 aromatic carbocycles. The molecule has 0 aliphatic carbocycles. The summed E-state index contributed by atoms with van der Waals surface area (Å²) in [5, 5.41) is 7.95. The van der Waals surface area contributed by atoms with Crippen molar-refractivity contribution < 1.29 is 70.0 Å². The highest BCUT2D eigenvalue weighted by molar-refractivity contribution is 6.25. The van der Waals surface area contributed by atoms with Crippen molar-refractivity contribution in [2.75, 3.05) is 152 Å². The molecule has 3 saturated heterocycles. The zero-order valence-corrected chi connectivity index (χ0v) is 49.5. The minimum Gasteiger partial charge on any atom is -0.382 e. The fourth-order valence-electron chi connectivity index (χ4n) is 11.2. The first-order valence-corrected chi connectivity index (χ1v) is 29.5. The van der Waals surface area contributed by atoms with Gasteiger partial charge in [-0.05, 0) is 63.6 Å². The molecule has 0 spiro atoms. The molecule has 3 fully saturated rings. The van der Waals surface area contributed by atoms with E-state index in [1.165, 1.54) is 18.2 Å². The lowest BCUT2D eigenvalue weighted by atomic mass is 9.97. The summed E-state index contributed by atoms with van der Waals surface area (Å²) in [6.45, 7) is 12.6. The minimum atomic E-state index is -4.98. The molecule has 0 bridgehead atoms. The lowest BCUT2D eigenvalue weighted by Crippen LogP contribution is -2.55. The molecule has 2 aromatic heterocycles. The number of rotatable bonds is 27. The number of aromatic nitrogens is 3. The highest BCUT2D eigenvalue weighted by atomic mass is 19.4. The van der Waals surface area contributed by atoms with Gasteiger partial charge in [0.2, 0.25) is 29.2 Å². The molecule has 3 atom stereocenters. The van der Waals surface area contributed by atoms with Crippen LogP contribution >= 0.6 is 0 Å². The number of anilines is 4. The molecular formula is C60H74F4N12O12. The standard InChI is InChI=1S/C60H74F4N12O12/c1-38-35-75(36-39(2)71(38)3)50-31-46(61)43(29-48(50)69-55(80)44-34-66-52(78)30-45(44)60(62,63)64)41-9-13-74(14-10-41)59-67-32-40(33-68-59)37-72-15-17-73(18-16-72)53(79)11-19-84-21-23-86-25-27-88-28-26-87-24-22-85-20-12-65-47-6-4-5-42-54(47)58(83)76(57(42)82)49-7-8-51(77)70-56(49)81/h4-6,9,29-34,38-39,49,65H,7-8,10-28,35-37H2,1-3H3,(H,66,78)(H,69,80)(H,70,77,81)/t38-,39+,49?. The monoisotopic (exact) mass is 1230 g/mol. The number of halogens is 4. The lowest BCUT2D eigenvalue weighted by molar-refractivity contribution is -0.138. The van der Waals surface area contributed by atoms with E-state index in [0.717, 1.165) is 16.7 Å². The van der Waals surface area contributed by atoms with E-state index < -0.39 is 64.3 Å². The average Bonchev–Trinajstić information content (AvgIpc) is 3.00. The maximum absolute atomic E-state index is 16.3. The number of likely N-dealkylation sites (N-methyl/N-ethyl adjacent to an activating group) is 1. The third-order valence-corrected chi connectivity index (χ3v) is 16.1. The van der Waals surface area contributed by atoms with Crippen LogP contribution in [0.5, 0.6) is 0 Å². The molecule has 0 radical (unpaired) electrons. The summed E-state index contributed by atoms with van der Waals surface area (Å²) in [5.41, 5.74) is -0.113. The zero-order chi connectivity index (χ0) is 62.5. The molecule has 88 heavy (non-hydrogen) atoms. The number of H-pyrrole nitrogens is 1. The van der Waals surface area contributed by atoms with Crippen LogP contribution < -0.4 is 31.3 Å². The summed E-state index contributed by atoms with van der Waals surface area (Å²) in [6.07, 6.45) is 1.91. The fraction of sp³-hybridized carbons (Fsp3) is 0.517. The summed E-state index contributed by atoms with van der Waals surface area (Å²) in [4.78, 5) is 111. The summed E-state index contributed by atoms with van der Waals surface area (Å²) in [6, 6.07) is 7.07. The van der Waals surface area contributed by atoms with E-state index in [9.17, 15) is 46.7 Å². The number of fused-ring (bicyclic) bond motifs is 1. The first kappa shape index (κ1) is 64.7. The highest BCUT2D eigenvalue weighted by Crippen LogP contribution is 2.38. The number of alkyl halides is 3. The second-order valence-corrected chi connectivity index (χ2v) is 22.1. The van der Waals surface area contributed by atoms with Crippen molar-refractivity contribution in [2.24, 2.45) is 0 Å². The number of hydrogen-bond acceptors (Lipinski definition) is 19. The van der Waals surface area contributed by atoms with Gasteiger partial charge in [-0.25, -0.2) is 14.4 Å². The number of pyridine rings is 1. The van der Waals surface area contributed by atoms with Crippen molar-refractivity contribution in [1.82, 2.24) is 39.9 Å². The number of aromatic amines is 1. The normalized spacial score (nSPS) is 19.5. The Morgan fingerprint density at radius 1 is 0.750 bits per heavy atom. The third kappa shape index (κ3) is 16.3. The van der Waals surface area contributed by atoms with Gasteiger partial charge in [0.05, 0.1) is 106 Å². The van der Waals surface area contributed by atoms with Crippen LogP contribution in [-0.4, -0.2) is 220 Å². The van der Waals surface area contributed by atoms with Gasteiger partial charge in [-0.3, -0.25) is 53.6 Å². The van der Waals surface area contributed by atoms with Crippen molar-refractivity contribution in [3.63, 3.8) is 0 Å². The predicted octanol–water partition coefficient (Wildman–Crippen LogP) is 4.03. The smallest absolute Gasteiger partial charge is 0.382 e. The van der Waals surface area contributed by atoms with E-state index in [2.05, 4.69) is 40.7 Å². The Labute approximate surface area is 505 Å². The molecule has 1 unspecified atom stereocenters. The van der Waals surface area contributed by atoms with E-state index in [-0.39, 0.29) is 66.2 Å². The number of piperazine rings is 2. The van der Waals surface area contributed by atoms with Gasteiger partial charge >= 0.3 is 6.18 Å². The largest absolute Gasteiger partial charge is 0.417 e. The van der Waals surface area contributed by atoms with Crippen LogP contribution in [-0.2, 0) is 50.8 Å². The predicted molar refractivity (Wildman–Crippen MR) is 314 cm³/mol. The summed E-state index contributed by atoms with van der Waals surface area (Å²) in [5.74, 6) is -3.39. The fourth-order valence-corrected chi connectivity index (χ4v) is 11.2. The topological polar surface area (TPSA) is 263 Å². The molecular weight excluding hydrogens is 1160 g/mol. The van der Waals surface area contributed by atoms with Crippen LogP contribution in [0.2, 0.25) is 0 Å². The molecule has 7 heterocycles. The van der Waals surface area contributed by atoms with E-state index in [1.54, 1.807) is 24.5 Å². The molecule has 0 saturated carbocycles. The molecule has 28 heteroatoms. The number of amides is 6. The Hall–Kier alpha value is -7.73. The average molecular weight is 1230 g/mol. The number of nitrogens with one attached hydrogen (secondary N) is 4. The third-order valence-electron chi connectivity index (χ3n) is 16.1. The van der Waals surface area contributed by atoms with Crippen molar-refractivity contribution >= 4 is 64.0 Å². The van der Waals surface area contributed by atoms with Crippen molar-refractivity contribution in [1.29, 1.82) is 0 Å². The molecule has 4 N–H and O–H groups in total. The second kappa shape index (κ2) is 30.0. The van der Waals surface area contributed by atoms with Crippen LogP contribution in [0.3, 0.4) is 0 Å². The van der Waals surface area contributed by atoms with Crippen molar-refractivity contribution in [2.45, 2.75) is 70.4 Å². The van der Waals surface area contributed by atoms with Crippen LogP contribution in [0.25, 0.3) is 5.57 Å². The Balaban J connectivity index is 0.610.